The number of tetrazole rings is 1. The third-order valence-electron chi connectivity index (χ3n) is 5.77. The van der Waals surface area contributed by atoms with Crippen LogP contribution in [0, 0.1) is 0 Å². The molecule has 1 aromatic heterocycles. The van der Waals surface area contributed by atoms with Crippen LogP contribution in [0.1, 0.15) is 24.2 Å². The zero-order valence-electron chi connectivity index (χ0n) is 22.0. The number of aromatic nitrogens is 4. The summed E-state index contributed by atoms with van der Waals surface area (Å²) in [5, 5.41) is 17.2. The molecule has 11 nitrogen and oxygen atoms in total. The molecule has 1 heterocycles. The van der Waals surface area contributed by atoms with Gasteiger partial charge in [-0.25, -0.2) is 4.79 Å². The van der Waals surface area contributed by atoms with Crippen molar-refractivity contribution in [3.63, 3.8) is 0 Å². The Hall–Kier alpha value is -4.71. The van der Waals surface area contributed by atoms with Crippen molar-refractivity contribution in [3.05, 3.63) is 78.4 Å². The number of amides is 2. The van der Waals surface area contributed by atoms with Crippen molar-refractivity contribution < 1.29 is 23.9 Å². The molecule has 4 aromatic rings. The lowest BCUT2D eigenvalue weighted by Crippen LogP contribution is -2.34. The van der Waals surface area contributed by atoms with Crippen LogP contribution in [-0.4, -0.2) is 69.6 Å². The first-order valence-corrected chi connectivity index (χ1v) is 13.4. The number of hydrogen-bond acceptors (Lipinski definition) is 9. The van der Waals surface area contributed by atoms with Gasteiger partial charge >= 0.3 is 5.97 Å². The maximum atomic E-state index is 13.0. The lowest BCUT2D eigenvalue weighted by Gasteiger charge is -2.18. The second-order valence-electron chi connectivity index (χ2n) is 8.32. The number of carbonyl (C=O) groups is 3. The van der Waals surface area contributed by atoms with Crippen LogP contribution in [0.25, 0.3) is 11.4 Å². The van der Waals surface area contributed by atoms with E-state index < -0.39 is 5.97 Å². The molecule has 0 saturated carbocycles. The lowest BCUT2D eigenvalue weighted by atomic mass is 10.2. The third kappa shape index (κ3) is 7.44. The van der Waals surface area contributed by atoms with E-state index in [1.165, 1.54) is 11.8 Å². The van der Waals surface area contributed by atoms with E-state index in [0.717, 1.165) is 15.4 Å². The second kappa shape index (κ2) is 13.9. The Morgan fingerprint density at radius 3 is 2.30 bits per heavy atom. The van der Waals surface area contributed by atoms with E-state index in [1.54, 1.807) is 29.2 Å². The van der Waals surface area contributed by atoms with Crippen molar-refractivity contribution in [1.29, 1.82) is 0 Å². The van der Waals surface area contributed by atoms with Gasteiger partial charge in [0.05, 0.1) is 5.69 Å². The van der Waals surface area contributed by atoms with Gasteiger partial charge in [0.1, 0.15) is 5.75 Å². The van der Waals surface area contributed by atoms with Gasteiger partial charge < -0.3 is 19.7 Å². The summed E-state index contributed by atoms with van der Waals surface area (Å²) in [7, 11) is 0. The Morgan fingerprint density at radius 2 is 1.60 bits per heavy atom. The number of H-pyrrole nitrogens is 1. The van der Waals surface area contributed by atoms with Crippen LogP contribution in [0.2, 0.25) is 0 Å². The fourth-order valence-electron chi connectivity index (χ4n) is 3.68. The number of likely N-dealkylation sites (N-methyl/N-ethyl adjacent to an activating group) is 1. The van der Waals surface area contributed by atoms with Gasteiger partial charge in [0.25, 0.3) is 11.8 Å². The Bertz CT molecular complexity index is 1440. The quantitative estimate of drug-likeness (QED) is 0.246. The van der Waals surface area contributed by atoms with Crippen molar-refractivity contribution in [1.82, 2.24) is 25.5 Å². The van der Waals surface area contributed by atoms with Crippen molar-refractivity contribution in [2.24, 2.45) is 0 Å². The molecule has 0 aliphatic heterocycles. The van der Waals surface area contributed by atoms with E-state index in [4.69, 9.17) is 9.47 Å². The van der Waals surface area contributed by atoms with Gasteiger partial charge in [-0.3, -0.25) is 9.59 Å². The van der Waals surface area contributed by atoms with Crippen LogP contribution in [0.15, 0.2) is 82.6 Å². The first kappa shape index (κ1) is 28.3. The molecule has 3 aromatic carbocycles. The zero-order chi connectivity index (χ0) is 28.3. The van der Waals surface area contributed by atoms with E-state index in [1.807, 2.05) is 62.4 Å². The summed E-state index contributed by atoms with van der Waals surface area (Å²) in [5.74, 6) is -0.353. The minimum atomic E-state index is -0.655. The molecule has 206 valence electrons. The first-order valence-electron chi connectivity index (χ1n) is 12.6. The third-order valence-corrected chi connectivity index (χ3v) is 6.93. The number of nitrogens with zero attached hydrogens (tertiary/aromatic N) is 4. The molecule has 0 unspecified atom stereocenters. The average Bonchev–Trinajstić information content (AvgIpc) is 3.52. The number of aromatic amines is 1. The number of nitrogens with one attached hydrogen (secondary N) is 2. The fraction of sp³-hybridized carbons (Fsp3) is 0.214. The smallest absolute Gasteiger partial charge is 0.344 e. The zero-order valence-corrected chi connectivity index (χ0v) is 22.8. The molecule has 12 heteroatoms. The Labute approximate surface area is 235 Å². The van der Waals surface area contributed by atoms with E-state index in [9.17, 15) is 14.4 Å². The van der Waals surface area contributed by atoms with Crippen LogP contribution >= 0.6 is 11.8 Å². The van der Waals surface area contributed by atoms with Gasteiger partial charge in [0.2, 0.25) is 5.82 Å². The monoisotopic (exact) mass is 560 g/mol. The summed E-state index contributed by atoms with van der Waals surface area (Å²) in [6.07, 6.45) is 0. The molecule has 0 aliphatic carbocycles. The highest BCUT2D eigenvalue weighted by atomic mass is 32.2. The first-order chi connectivity index (χ1) is 19.5. The fourth-order valence-corrected chi connectivity index (χ4v) is 4.71. The van der Waals surface area contributed by atoms with Crippen molar-refractivity contribution in [3.8, 4) is 17.1 Å². The van der Waals surface area contributed by atoms with E-state index in [0.29, 0.717) is 35.9 Å². The molecule has 0 saturated heterocycles. The van der Waals surface area contributed by atoms with Crippen LogP contribution < -0.4 is 10.1 Å². The number of ether oxygens (including phenoxy) is 2. The predicted octanol–water partition coefficient (Wildman–Crippen LogP) is 4.06. The van der Waals surface area contributed by atoms with Gasteiger partial charge in [0.15, 0.2) is 13.2 Å². The maximum absolute atomic E-state index is 13.0. The molecular formula is C28H28N6O5S. The number of rotatable bonds is 12. The molecule has 2 N–H and O–H groups in total. The van der Waals surface area contributed by atoms with E-state index in [2.05, 4.69) is 25.9 Å². The maximum Gasteiger partial charge on any atom is 0.344 e. The number of carbonyl (C=O) groups excluding carboxylic acids is 3. The van der Waals surface area contributed by atoms with Gasteiger partial charge in [-0.05, 0) is 67.6 Å². The minimum Gasteiger partial charge on any atom is -0.482 e. The van der Waals surface area contributed by atoms with Crippen molar-refractivity contribution >= 4 is 35.2 Å². The number of esters is 1. The van der Waals surface area contributed by atoms with Gasteiger partial charge in [-0.2, -0.15) is 5.21 Å². The second-order valence-corrected chi connectivity index (χ2v) is 9.41. The predicted molar refractivity (Wildman–Crippen MR) is 149 cm³/mol. The lowest BCUT2D eigenvalue weighted by molar-refractivity contribution is -0.153. The molecule has 40 heavy (non-hydrogen) atoms. The standard InChI is InChI=1S/C28H28N6O5S/c1-3-34(4-2)25(35)17-39-26(36)18-38-20-15-13-19(14-16-20)28(37)29-22-10-6-8-12-24(22)40-23-11-7-5-9-21(23)27-30-32-33-31-27/h5-16H,3-4,17-18H2,1-2H3,(H,29,37)(H,30,31,32,33). The molecule has 2 amide bonds. The van der Waals surface area contributed by atoms with Crippen LogP contribution in [0.5, 0.6) is 5.75 Å². The SMILES string of the molecule is CCN(CC)C(=O)COC(=O)COc1ccc(C(=O)Nc2ccccc2Sc2ccccc2-c2nn[nH]n2)cc1. The van der Waals surface area contributed by atoms with Crippen molar-refractivity contribution in [2.75, 3.05) is 31.6 Å². The number of para-hydroxylation sites is 1. The number of hydrogen-bond donors (Lipinski definition) is 2. The van der Waals surface area contributed by atoms with Gasteiger partial charge in [-0.1, -0.05) is 36.0 Å². The van der Waals surface area contributed by atoms with Crippen LogP contribution in [0.4, 0.5) is 5.69 Å². The molecule has 0 spiro atoms. The minimum absolute atomic E-state index is 0.259. The topological polar surface area (TPSA) is 139 Å². The number of benzene rings is 3. The molecule has 4 rings (SSSR count). The molecule has 0 atom stereocenters. The highest BCUT2D eigenvalue weighted by molar-refractivity contribution is 7.99. The van der Waals surface area contributed by atoms with Crippen LogP contribution in [0.3, 0.4) is 0 Å². The summed E-state index contributed by atoms with van der Waals surface area (Å²) in [5.41, 5.74) is 1.87. The summed E-state index contributed by atoms with van der Waals surface area (Å²) in [4.78, 5) is 40.2. The summed E-state index contributed by atoms with van der Waals surface area (Å²) in [6, 6.07) is 21.5. The summed E-state index contributed by atoms with van der Waals surface area (Å²) in [6.45, 7) is 4.12. The van der Waals surface area contributed by atoms with Gasteiger partial charge in [-0.15, -0.1) is 10.2 Å². The average molecular weight is 561 g/mol. The number of anilines is 1. The van der Waals surface area contributed by atoms with Gasteiger partial charge in [0, 0.05) is 34.0 Å². The summed E-state index contributed by atoms with van der Waals surface area (Å²) < 4.78 is 10.4. The molecule has 0 bridgehead atoms. The molecular weight excluding hydrogens is 532 g/mol. The Kier molecular flexibility index (Phi) is 9.83. The van der Waals surface area contributed by atoms with E-state index >= 15 is 0 Å². The largest absolute Gasteiger partial charge is 0.482 e. The molecule has 0 fully saturated rings. The summed E-state index contributed by atoms with van der Waals surface area (Å²) >= 11 is 1.47. The highest BCUT2D eigenvalue weighted by Gasteiger charge is 2.15. The van der Waals surface area contributed by atoms with E-state index in [-0.39, 0.29) is 25.0 Å². The van der Waals surface area contributed by atoms with Crippen LogP contribution in [-0.2, 0) is 14.3 Å². The normalized spacial score (nSPS) is 10.6. The van der Waals surface area contributed by atoms with Crippen molar-refractivity contribution in [2.45, 2.75) is 23.6 Å². The highest BCUT2D eigenvalue weighted by Crippen LogP contribution is 2.38. The Morgan fingerprint density at radius 1 is 0.900 bits per heavy atom. The molecule has 0 aliphatic rings. The molecule has 0 radical (unpaired) electrons. The Balaban J connectivity index is 1.34.